The molecule has 3 unspecified atom stereocenters. The Balaban J connectivity index is 0.000000239. The SMILES string of the molecule is CC(C)(C)[Si](C)(C)OC[C@H]1O[C@@H](n2cnc3c(CCC#CCN(C(=O)c4ccccc4)c4ncnc5c4ncn5[C@@H]4O[C@H](CO)[C@@H](O[Si](C)(C)C(C)(C)C)[C@H]4F)ncnc32)[C@H](F)C1OP=O.CC(C)(C)[Si](C)(C)OC[C@H]1O[C@@H]2[C@H](F)C1OP(O)(=S)OC[C@H]1O[C@H]([C@H](F)[C@@H]1O[Si](C)(C)C(C)(C)C)n1cnc3c(ncnc31)N(C(=O)c1ccccc1)CC#CCCc1ncnc3c1ncn32.O.S. The van der Waals surface area contributed by atoms with Crippen LogP contribution in [0.3, 0.4) is 0 Å². The number of carbonyl (C=O) groups excluding carboxylic acids is 2. The van der Waals surface area contributed by atoms with E-state index in [1.54, 1.807) is 60.7 Å². The molecule has 2 aromatic carbocycles. The maximum atomic E-state index is 17.3. The summed E-state index contributed by atoms with van der Waals surface area (Å²) in [6, 6.07) is 17.3. The molecule has 13 heterocycles. The van der Waals surface area contributed by atoms with Crippen LogP contribution >= 0.6 is 28.9 Å². The van der Waals surface area contributed by atoms with E-state index in [9.17, 15) is 24.2 Å². The maximum absolute atomic E-state index is 17.3. The van der Waals surface area contributed by atoms with Crippen LogP contribution in [0.15, 0.2) is 111 Å². The molecule has 8 aromatic heterocycles. The summed E-state index contributed by atoms with van der Waals surface area (Å²) in [5.74, 6) is 12.0. The van der Waals surface area contributed by atoms with Crippen LogP contribution in [0.4, 0.5) is 29.2 Å². The summed E-state index contributed by atoms with van der Waals surface area (Å²) in [6.07, 6.45) is -8.83. The van der Waals surface area contributed by atoms with Crippen LogP contribution in [0.1, 0.15) is 153 Å². The van der Waals surface area contributed by atoms with Gasteiger partial charge < -0.3 is 56.7 Å². The van der Waals surface area contributed by atoms with Crippen LogP contribution in [0, 0.1) is 23.7 Å². The van der Waals surface area contributed by atoms with Gasteiger partial charge in [0.2, 0.25) is 0 Å². The van der Waals surface area contributed by atoms with Crippen molar-refractivity contribution in [3.05, 3.63) is 134 Å². The Kier molecular flexibility index (Phi) is 33.0. The highest BCUT2D eigenvalue weighted by Crippen LogP contribution is 2.53. The van der Waals surface area contributed by atoms with Crippen molar-refractivity contribution in [2.75, 3.05) is 49.3 Å². The number of anilines is 2. The van der Waals surface area contributed by atoms with Gasteiger partial charge >= 0.3 is 15.4 Å². The molecule has 5 aliphatic rings. The van der Waals surface area contributed by atoms with Gasteiger partial charge in [0.1, 0.15) is 85.2 Å². The monoisotopic (exact) mass is 2010 g/mol. The second kappa shape index (κ2) is 42.1. The third-order valence-electron chi connectivity index (χ3n) is 26.8. The van der Waals surface area contributed by atoms with Gasteiger partial charge in [-0.05, 0) is 109 Å². The molecule has 730 valence electrons. The number of aliphatic hydroxyl groups is 1. The van der Waals surface area contributed by atoms with Gasteiger partial charge in [-0.15, -0.1) is 11.8 Å². The van der Waals surface area contributed by atoms with Gasteiger partial charge in [0.25, 0.3) is 11.8 Å². The molecule has 47 heteroatoms. The summed E-state index contributed by atoms with van der Waals surface area (Å²) < 4.78 is 153. The van der Waals surface area contributed by atoms with Crippen molar-refractivity contribution in [2.45, 2.75) is 280 Å². The number of rotatable bonds is 21. The average molecular weight is 2020 g/mol. The first-order chi connectivity index (χ1) is 62.7. The van der Waals surface area contributed by atoms with E-state index in [4.69, 9.17) is 62.0 Å². The minimum Gasteiger partial charge on any atom is -0.414 e. The zero-order chi connectivity index (χ0) is 96.0. The molecule has 0 saturated carbocycles. The van der Waals surface area contributed by atoms with Gasteiger partial charge in [0, 0.05) is 36.8 Å². The van der Waals surface area contributed by atoms with Gasteiger partial charge in [-0.1, -0.05) is 131 Å². The van der Waals surface area contributed by atoms with Gasteiger partial charge in [-0.3, -0.25) is 46.7 Å². The summed E-state index contributed by atoms with van der Waals surface area (Å²) in [5.41, 5.74) is 4.18. The summed E-state index contributed by atoms with van der Waals surface area (Å²) in [7, 11) is -10.5. The molecule has 0 aliphatic carbocycles. The van der Waals surface area contributed by atoms with Crippen LogP contribution in [0.25, 0.3) is 44.7 Å². The molecule has 35 nitrogen and oxygen atoms in total. The predicted molar refractivity (Wildman–Crippen MR) is 516 cm³/mol. The summed E-state index contributed by atoms with van der Waals surface area (Å²) >= 11 is 5.59. The van der Waals surface area contributed by atoms with Crippen molar-refractivity contribution < 1.29 is 97.4 Å². The number of nitrogens with zero attached hydrogens (tertiary/aromatic N) is 18. The lowest BCUT2D eigenvalue weighted by atomic mass is 10.1. The van der Waals surface area contributed by atoms with Crippen LogP contribution in [0.2, 0.25) is 72.5 Å². The average Bonchev–Trinajstić information content (AvgIpc) is 1.67. The minimum absolute atomic E-state index is 0. The van der Waals surface area contributed by atoms with E-state index < -0.39 is 172 Å². The number of halogens is 4. The number of benzene rings is 2. The molecule has 5 aliphatic heterocycles. The number of alkyl halides is 4. The fourth-order valence-corrected chi connectivity index (χ4v) is 21.4. The topological polar surface area (TPSA) is 406 Å². The first kappa shape index (κ1) is 106. The molecule has 4 N–H and O–H groups in total. The number of imidazole rings is 4. The second-order valence-corrected chi connectivity index (χ2v) is 61.9. The molecule has 2 amide bonds. The zero-order valence-electron chi connectivity index (χ0n) is 79.2. The lowest BCUT2D eigenvalue weighted by Crippen LogP contribution is -2.49. The Labute approximate surface area is 799 Å². The molecule has 15 rings (SSSR count). The quantitative estimate of drug-likeness (QED) is 0.0292. The molecule has 12 bridgehead atoms. The van der Waals surface area contributed by atoms with Gasteiger partial charge in [0.15, 0.2) is 128 Å². The van der Waals surface area contributed by atoms with E-state index in [0.29, 0.717) is 70.5 Å². The molecular weight excluding hydrogens is 1900 g/mol. The number of hydrogen-bond acceptors (Lipinski definition) is 28. The fourth-order valence-electron chi connectivity index (χ4n) is 15.0. The van der Waals surface area contributed by atoms with E-state index in [0.717, 1.165) is 0 Å². The summed E-state index contributed by atoms with van der Waals surface area (Å²) in [5, 5.41) is 9.40. The third-order valence-corrected chi connectivity index (χ3v) is 46.6. The van der Waals surface area contributed by atoms with E-state index in [2.05, 4.69) is 172 Å². The van der Waals surface area contributed by atoms with Crippen molar-refractivity contribution in [2.24, 2.45) is 0 Å². The lowest BCUT2D eigenvalue weighted by molar-refractivity contribution is -0.0502. The highest BCUT2D eigenvalue weighted by molar-refractivity contribution is 8.07. The van der Waals surface area contributed by atoms with Gasteiger partial charge in [0.05, 0.1) is 76.2 Å². The number of carbonyl (C=O) groups is 2. The number of fused-ring (bicyclic) bond motifs is 8. The number of aryl methyl sites for hydroxylation is 2. The van der Waals surface area contributed by atoms with Crippen LogP contribution in [-0.2, 0) is 79.4 Å². The molecule has 0 radical (unpaired) electrons. The number of amides is 2. The molecule has 17 atom stereocenters. The van der Waals surface area contributed by atoms with E-state index in [1.165, 1.54) is 78.7 Å². The largest absolute Gasteiger partial charge is 0.414 e. The Morgan fingerprint density at radius 2 is 1.03 bits per heavy atom. The first-order valence-corrected chi connectivity index (χ1v) is 59.0. The summed E-state index contributed by atoms with van der Waals surface area (Å²) in [4.78, 5) is 96.9. The smallest absolute Gasteiger partial charge is 0.327 e. The molecule has 4 saturated heterocycles. The Hall–Kier alpha value is -8.17. The van der Waals surface area contributed by atoms with Crippen molar-refractivity contribution in [3.8, 4) is 23.7 Å². The van der Waals surface area contributed by atoms with Crippen molar-refractivity contribution in [3.63, 3.8) is 0 Å². The predicted octanol–water partition coefficient (Wildman–Crippen LogP) is 14.8. The van der Waals surface area contributed by atoms with E-state index in [1.807, 2.05) is 47.0 Å². The summed E-state index contributed by atoms with van der Waals surface area (Å²) in [6.45, 7) is 35.6. The van der Waals surface area contributed by atoms with Crippen LogP contribution < -0.4 is 9.80 Å². The third kappa shape index (κ3) is 22.3. The number of ether oxygens (including phenoxy) is 4. The first-order valence-electron chi connectivity index (χ1n) is 44.1. The van der Waals surface area contributed by atoms with E-state index in [-0.39, 0.29) is 99.4 Å². The molecule has 135 heavy (non-hydrogen) atoms. The standard InChI is InChI=1S/C44H58F2N9O8PSSi2.C44H58F2N9O8PSi2.H2O.H2S/c1-43(2,3)66(7,8)59-22-30-35-31(45)41(61-30)54-25-51-33-28(47-23-48-37(33)54)19-15-12-16-20-53(40(56)27-17-13-11-14-18-27)38-34-39(50-24-49-38)55(26-52-34)42-32(46)36(63-67(9,10)44(4,5)6)29(60-42)21-58-64(57,65)62-35;1-43(2,3)65(7,8)59-22-30-35(62-64-58)31(45)41(61-30)54-25-51-33-28(47-23-48-37(33)54)19-15-12-16-20-53(40(57)27-17-13-11-14-18-27)38-34-39(50-24-49-38)55(26-52-34)42-32(46)36(29(21-56)60-42)63-66(9,10)44(4,5)6;;/h11,13-14,17-18,23-26,29-32,35-36,41-42H,15,19-22H2,1-10H3,(H,57,65);11,13-14,17-18,23-26,29-32,35-36,41-42,56H,15,19-22H2,1-10H3;2*1H2/t29-,30-,31-,32-,35?,36-,41-,42-,64?;29-,30-,31-,32-,35?,36-,41-,42-;;/m11../s1. The maximum Gasteiger partial charge on any atom is 0.327 e. The molecule has 10 aromatic rings. The molecule has 0 spiro atoms. The highest BCUT2D eigenvalue weighted by atomic mass is 32.5. The van der Waals surface area contributed by atoms with Crippen molar-refractivity contribution in [1.29, 1.82) is 0 Å². The zero-order valence-corrected chi connectivity index (χ0v) is 86.8. The minimum atomic E-state index is -4.35. The second-order valence-electron chi connectivity index (χ2n) is 39.6. The Bertz CT molecular complexity index is 6040. The number of aliphatic hydroxyl groups excluding tert-OH is 1. The lowest BCUT2D eigenvalue weighted by Gasteiger charge is -2.39. The van der Waals surface area contributed by atoms with Gasteiger partial charge in [-0.25, -0.2) is 81.9 Å². The van der Waals surface area contributed by atoms with Crippen molar-refractivity contribution >= 4 is 142 Å². The molecular formula is C88H120F4N18O17P2S2Si4. The van der Waals surface area contributed by atoms with Crippen LogP contribution in [0.5, 0.6) is 0 Å². The fraction of sp³-hybridized carbons (Fsp3) is 0.568. The Morgan fingerprint density at radius 1 is 0.563 bits per heavy atom. The van der Waals surface area contributed by atoms with Crippen LogP contribution in [-0.4, -0.2) is 252 Å². The van der Waals surface area contributed by atoms with Gasteiger partial charge in [-0.2, -0.15) is 13.5 Å². The number of aromatic nitrogens is 16. The molecule has 4 fully saturated rings. The number of hydrogen-bond donors (Lipinski definition) is 2. The van der Waals surface area contributed by atoms with Crippen molar-refractivity contribution in [1.82, 2.24) is 78.1 Å². The van der Waals surface area contributed by atoms with E-state index >= 15 is 17.6 Å². The Morgan fingerprint density at radius 3 is 1.61 bits per heavy atom. The normalized spacial score (nSPS) is 25.6. The highest BCUT2D eigenvalue weighted by Gasteiger charge is 2.57.